The van der Waals surface area contributed by atoms with E-state index in [1.54, 1.807) is 6.92 Å². The Morgan fingerprint density at radius 3 is 2.06 bits per heavy atom. The van der Waals surface area contributed by atoms with Crippen molar-refractivity contribution in [1.82, 2.24) is 10.2 Å². The molecule has 0 aliphatic heterocycles. The summed E-state index contributed by atoms with van der Waals surface area (Å²) in [5.74, 6) is -1.41. The van der Waals surface area contributed by atoms with Gasteiger partial charge in [-0.1, -0.05) is 62.4 Å². The van der Waals surface area contributed by atoms with Crippen LogP contribution in [0.4, 0.5) is 4.79 Å². The number of carbonyl (C=O) groups excluding carboxylic acids is 2. The van der Waals surface area contributed by atoms with Crippen molar-refractivity contribution in [2.24, 2.45) is 0 Å². The van der Waals surface area contributed by atoms with Crippen LogP contribution in [0.3, 0.4) is 0 Å². The van der Waals surface area contributed by atoms with Crippen molar-refractivity contribution in [3.05, 3.63) is 59.7 Å². The standard InChI is InChI=1S/C25H30N2O5/c1-4-16(14-23(28)27(3)22(5-2)24(29)30)26-25(31)32-15-21-19-12-8-6-10-17(19)18-11-7-9-13-20(18)21/h6-13,16,21-22H,4-5,14-15H2,1-3H3,(H,26,31)(H,29,30). The van der Waals surface area contributed by atoms with Gasteiger partial charge in [-0.2, -0.15) is 0 Å². The van der Waals surface area contributed by atoms with E-state index in [1.165, 1.54) is 11.9 Å². The van der Waals surface area contributed by atoms with Crippen LogP contribution in [0.5, 0.6) is 0 Å². The number of carbonyl (C=O) groups is 3. The molecule has 0 saturated heterocycles. The number of likely N-dealkylation sites (N-methyl/N-ethyl adjacent to an activating group) is 1. The highest BCUT2D eigenvalue weighted by Gasteiger charge is 2.30. The normalized spacial score (nSPS) is 14.1. The van der Waals surface area contributed by atoms with E-state index >= 15 is 0 Å². The number of benzene rings is 2. The SMILES string of the molecule is CCC(CC(=O)N(C)C(CC)C(=O)O)NC(=O)OCC1c2ccccc2-c2ccccc21. The van der Waals surface area contributed by atoms with Crippen molar-refractivity contribution < 1.29 is 24.2 Å². The lowest BCUT2D eigenvalue weighted by molar-refractivity contribution is -0.149. The van der Waals surface area contributed by atoms with Gasteiger partial charge in [0.2, 0.25) is 5.91 Å². The van der Waals surface area contributed by atoms with Gasteiger partial charge in [0.1, 0.15) is 12.6 Å². The Morgan fingerprint density at radius 2 is 1.56 bits per heavy atom. The number of nitrogens with zero attached hydrogens (tertiary/aromatic N) is 1. The number of nitrogens with one attached hydrogen (secondary N) is 1. The van der Waals surface area contributed by atoms with E-state index in [0.29, 0.717) is 12.8 Å². The zero-order valence-electron chi connectivity index (χ0n) is 18.7. The van der Waals surface area contributed by atoms with Crippen molar-refractivity contribution in [3.63, 3.8) is 0 Å². The molecule has 0 radical (unpaired) electrons. The minimum Gasteiger partial charge on any atom is -0.480 e. The molecule has 0 fully saturated rings. The summed E-state index contributed by atoms with van der Waals surface area (Å²) in [7, 11) is 1.48. The maximum Gasteiger partial charge on any atom is 0.407 e. The molecule has 0 saturated carbocycles. The monoisotopic (exact) mass is 438 g/mol. The number of hydrogen-bond acceptors (Lipinski definition) is 4. The fraction of sp³-hybridized carbons (Fsp3) is 0.400. The van der Waals surface area contributed by atoms with Gasteiger partial charge in [-0.15, -0.1) is 0 Å². The number of amides is 2. The third kappa shape index (κ3) is 4.93. The molecule has 2 aromatic carbocycles. The lowest BCUT2D eigenvalue weighted by Crippen LogP contribution is -2.45. The van der Waals surface area contributed by atoms with Gasteiger partial charge in [0, 0.05) is 25.4 Å². The third-order valence-electron chi connectivity index (χ3n) is 6.11. The van der Waals surface area contributed by atoms with Crippen LogP contribution in [0, 0.1) is 0 Å². The average Bonchev–Trinajstić information content (AvgIpc) is 3.11. The molecule has 2 N–H and O–H groups in total. The molecule has 0 heterocycles. The van der Waals surface area contributed by atoms with Crippen LogP contribution < -0.4 is 5.32 Å². The van der Waals surface area contributed by atoms with Crippen LogP contribution in [0.25, 0.3) is 11.1 Å². The van der Waals surface area contributed by atoms with Gasteiger partial charge >= 0.3 is 12.1 Å². The number of ether oxygens (including phenoxy) is 1. The third-order valence-corrected chi connectivity index (χ3v) is 6.11. The van der Waals surface area contributed by atoms with Gasteiger partial charge in [-0.3, -0.25) is 4.79 Å². The number of hydrogen-bond donors (Lipinski definition) is 2. The molecule has 0 bridgehead atoms. The molecule has 0 spiro atoms. The summed E-state index contributed by atoms with van der Waals surface area (Å²) in [5.41, 5.74) is 4.57. The average molecular weight is 439 g/mol. The maximum absolute atomic E-state index is 12.5. The minimum atomic E-state index is -1.04. The van der Waals surface area contributed by atoms with Crippen LogP contribution in [0.15, 0.2) is 48.5 Å². The van der Waals surface area contributed by atoms with Gasteiger partial charge in [0.15, 0.2) is 0 Å². The van der Waals surface area contributed by atoms with E-state index in [-0.39, 0.29) is 24.9 Å². The highest BCUT2D eigenvalue weighted by molar-refractivity contribution is 5.84. The summed E-state index contributed by atoms with van der Waals surface area (Å²) in [6.45, 7) is 3.77. The summed E-state index contributed by atoms with van der Waals surface area (Å²) < 4.78 is 5.55. The van der Waals surface area contributed by atoms with Crippen LogP contribution >= 0.6 is 0 Å². The molecule has 7 nitrogen and oxygen atoms in total. The largest absolute Gasteiger partial charge is 0.480 e. The molecule has 0 aromatic heterocycles. The number of carboxylic acids is 1. The van der Waals surface area contributed by atoms with Gasteiger partial charge in [0.05, 0.1) is 0 Å². The fourth-order valence-electron chi connectivity index (χ4n) is 4.25. The zero-order chi connectivity index (χ0) is 23.3. The van der Waals surface area contributed by atoms with Crippen LogP contribution in [-0.4, -0.2) is 53.7 Å². The molecule has 32 heavy (non-hydrogen) atoms. The first kappa shape index (κ1) is 23.3. The first-order valence-corrected chi connectivity index (χ1v) is 11.0. The molecule has 2 unspecified atom stereocenters. The number of carboxylic acid groups (broad SMARTS) is 1. The van der Waals surface area contributed by atoms with E-state index in [1.807, 2.05) is 31.2 Å². The van der Waals surface area contributed by atoms with E-state index in [4.69, 9.17) is 4.74 Å². The smallest absolute Gasteiger partial charge is 0.407 e. The minimum absolute atomic E-state index is 0.0149. The summed E-state index contributed by atoms with van der Waals surface area (Å²) in [6, 6.07) is 14.9. The molecule has 2 atom stereocenters. The van der Waals surface area contributed by atoms with Crippen molar-refractivity contribution >= 4 is 18.0 Å². The second-order valence-corrected chi connectivity index (χ2v) is 8.05. The summed E-state index contributed by atoms with van der Waals surface area (Å²) in [6.07, 6.45) is 0.266. The lowest BCUT2D eigenvalue weighted by atomic mass is 9.98. The molecule has 2 amide bonds. The fourth-order valence-corrected chi connectivity index (χ4v) is 4.25. The van der Waals surface area contributed by atoms with Crippen LogP contribution in [0.1, 0.15) is 50.2 Å². The topological polar surface area (TPSA) is 95.9 Å². The first-order valence-electron chi connectivity index (χ1n) is 11.0. The van der Waals surface area contributed by atoms with Gasteiger partial charge in [0.25, 0.3) is 0 Å². The molecule has 3 rings (SSSR count). The van der Waals surface area contributed by atoms with Crippen molar-refractivity contribution in [2.45, 2.75) is 51.1 Å². The molecule has 1 aliphatic rings. The zero-order valence-corrected chi connectivity index (χ0v) is 18.7. The summed E-state index contributed by atoms with van der Waals surface area (Å²) >= 11 is 0. The van der Waals surface area contributed by atoms with E-state index in [2.05, 4.69) is 29.6 Å². The van der Waals surface area contributed by atoms with Gasteiger partial charge in [-0.05, 0) is 35.1 Å². The molecular formula is C25H30N2O5. The Labute approximate surface area is 188 Å². The predicted octanol–water partition coefficient (Wildman–Crippen LogP) is 4.02. The lowest BCUT2D eigenvalue weighted by Gasteiger charge is -2.26. The number of fused-ring (bicyclic) bond motifs is 3. The van der Waals surface area contributed by atoms with Crippen LogP contribution in [0.2, 0.25) is 0 Å². The first-order chi connectivity index (χ1) is 15.4. The molecule has 7 heteroatoms. The van der Waals surface area contributed by atoms with E-state index in [0.717, 1.165) is 22.3 Å². The second-order valence-electron chi connectivity index (χ2n) is 8.05. The summed E-state index contributed by atoms with van der Waals surface area (Å²) in [4.78, 5) is 37.5. The molecular weight excluding hydrogens is 408 g/mol. The molecule has 1 aliphatic carbocycles. The highest BCUT2D eigenvalue weighted by atomic mass is 16.5. The van der Waals surface area contributed by atoms with Gasteiger partial charge in [-0.25, -0.2) is 9.59 Å². The van der Waals surface area contributed by atoms with Crippen molar-refractivity contribution in [2.75, 3.05) is 13.7 Å². The van der Waals surface area contributed by atoms with E-state index < -0.39 is 24.1 Å². The Bertz CT molecular complexity index is 944. The highest BCUT2D eigenvalue weighted by Crippen LogP contribution is 2.44. The van der Waals surface area contributed by atoms with Gasteiger partial charge < -0.3 is 20.1 Å². The number of rotatable bonds is 9. The molecule has 170 valence electrons. The second kappa shape index (κ2) is 10.3. The number of alkyl carbamates (subject to hydrolysis) is 1. The van der Waals surface area contributed by atoms with Crippen molar-refractivity contribution in [1.29, 1.82) is 0 Å². The predicted molar refractivity (Wildman–Crippen MR) is 121 cm³/mol. The van der Waals surface area contributed by atoms with Crippen molar-refractivity contribution in [3.8, 4) is 11.1 Å². The maximum atomic E-state index is 12.5. The Kier molecular flexibility index (Phi) is 7.51. The van der Waals surface area contributed by atoms with E-state index in [9.17, 15) is 19.5 Å². The Hall–Kier alpha value is -3.35. The molecule has 2 aromatic rings. The summed E-state index contributed by atoms with van der Waals surface area (Å²) in [5, 5.41) is 12.0. The quantitative estimate of drug-likeness (QED) is 0.617. The Morgan fingerprint density at radius 1 is 1.00 bits per heavy atom. The van der Waals surface area contributed by atoms with Crippen LogP contribution in [-0.2, 0) is 14.3 Å². The Balaban J connectivity index is 1.59. The number of aliphatic carboxylic acids is 1.